The van der Waals surface area contributed by atoms with E-state index >= 15 is 0 Å². The third kappa shape index (κ3) is 4.08. The number of hydrogen-bond donors (Lipinski definition) is 1. The van der Waals surface area contributed by atoms with Gasteiger partial charge in [-0.15, -0.1) is 0 Å². The molecule has 0 saturated heterocycles. The van der Waals surface area contributed by atoms with Crippen LogP contribution in [0.1, 0.15) is 49.7 Å². The highest BCUT2D eigenvalue weighted by Gasteiger charge is 2.24. The maximum absolute atomic E-state index is 10.9. The predicted molar refractivity (Wildman–Crippen MR) is 74.5 cm³/mol. The van der Waals surface area contributed by atoms with E-state index in [1.54, 1.807) is 0 Å². The van der Waals surface area contributed by atoms with Crippen molar-refractivity contribution >= 4 is 11.9 Å². The molecule has 20 heavy (non-hydrogen) atoms. The molecule has 0 bridgehead atoms. The number of carboxylic acid groups (broad SMARTS) is 1. The Morgan fingerprint density at radius 3 is 2.25 bits per heavy atom. The average molecular weight is 276 g/mol. The number of esters is 1. The van der Waals surface area contributed by atoms with Crippen LogP contribution in [0.25, 0.3) is 0 Å². The van der Waals surface area contributed by atoms with Crippen LogP contribution in [-0.4, -0.2) is 23.1 Å². The Balaban J connectivity index is 1.90. The van der Waals surface area contributed by atoms with E-state index in [9.17, 15) is 9.59 Å². The second kappa shape index (κ2) is 6.55. The van der Waals surface area contributed by atoms with Crippen LogP contribution in [0, 0.1) is 0 Å². The average Bonchev–Trinajstić information content (AvgIpc) is 2.39. The fraction of sp³-hybridized carbons (Fsp3) is 0.500. The SMILES string of the molecule is CC(=O)OC1CCC(c2ccc(CC(=O)O)cc2)CC1. The number of carbonyl (C=O) groups excluding carboxylic acids is 1. The highest BCUT2D eigenvalue weighted by molar-refractivity contribution is 5.70. The van der Waals surface area contributed by atoms with Gasteiger partial charge >= 0.3 is 11.9 Å². The van der Waals surface area contributed by atoms with Gasteiger partial charge in [0.05, 0.1) is 6.42 Å². The summed E-state index contributed by atoms with van der Waals surface area (Å²) in [5, 5.41) is 8.74. The molecular weight excluding hydrogens is 256 g/mol. The van der Waals surface area contributed by atoms with E-state index in [4.69, 9.17) is 9.84 Å². The Hall–Kier alpha value is -1.84. The van der Waals surface area contributed by atoms with Crippen LogP contribution in [-0.2, 0) is 20.7 Å². The predicted octanol–water partition coefficient (Wildman–Crippen LogP) is 2.90. The van der Waals surface area contributed by atoms with Crippen molar-refractivity contribution in [3.8, 4) is 0 Å². The van der Waals surface area contributed by atoms with Gasteiger partial charge in [0.2, 0.25) is 0 Å². The third-order valence-corrected chi connectivity index (χ3v) is 3.81. The Bertz CT molecular complexity index is 470. The molecule has 1 aliphatic rings. The van der Waals surface area contributed by atoms with Gasteiger partial charge in [-0.1, -0.05) is 24.3 Å². The van der Waals surface area contributed by atoms with Gasteiger partial charge in [0.15, 0.2) is 0 Å². The number of ether oxygens (including phenoxy) is 1. The summed E-state index contributed by atoms with van der Waals surface area (Å²) < 4.78 is 5.23. The normalized spacial score (nSPS) is 22.2. The van der Waals surface area contributed by atoms with E-state index in [0.29, 0.717) is 5.92 Å². The van der Waals surface area contributed by atoms with Crippen LogP contribution in [0.15, 0.2) is 24.3 Å². The minimum Gasteiger partial charge on any atom is -0.481 e. The van der Waals surface area contributed by atoms with Gasteiger partial charge in [0.25, 0.3) is 0 Å². The molecule has 0 spiro atoms. The molecule has 108 valence electrons. The van der Waals surface area contributed by atoms with Crippen molar-refractivity contribution in [1.29, 1.82) is 0 Å². The summed E-state index contributed by atoms with van der Waals surface area (Å²) in [6.07, 6.45) is 3.96. The first-order valence-corrected chi connectivity index (χ1v) is 7.02. The fourth-order valence-electron chi connectivity index (χ4n) is 2.83. The van der Waals surface area contributed by atoms with E-state index in [2.05, 4.69) is 0 Å². The molecule has 1 aromatic rings. The molecule has 0 amide bonds. The van der Waals surface area contributed by atoms with Gasteiger partial charge in [-0.25, -0.2) is 0 Å². The molecule has 1 saturated carbocycles. The molecule has 0 heterocycles. The first-order valence-electron chi connectivity index (χ1n) is 7.02. The van der Waals surface area contributed by atoms with Gasteiger partial charge in [0.1, 0.15) is 6.10 Å². The second-order valence-electron chi connectivity index (χ2n) is 5.40. The summed E-state index contributed by atoms with van der Waals surface area (Å²) in [7, 11) is 0. The number of carbonyl (C=O) groups is 2. The lowest BCUT2D eigenvalue weighted by atomic mass is 9.82. The van der Waals surface area contributed by atoms with Crippen molar-refractivity contribution < 1.29 is 19.4 Å². The van der Waals surface area contributed by atoms with Crippen molar-refractivity contribution in [3.05, 3.63) is 35.4 Å². The van der Waals surface area contributed by atoms with Crippen molar-refractivity contribution in [2.75, 3.05) is 0 Å². The minimum absolute atomic E-state index is 0.0648. The zero-order valence-corrected chi connectivity index (χ0v) is 11.7. The molecule has 0 unspecified atom stereocenters. The Labute approximate surface area is 118 Å². The van der Waals surface area contributed by atoms with Crippen LogP contribution in [0.3, 0.4) is 0 Å². The van der Waals surface area contributed by atoms with Crippen molar-refractivity contribution in [1.82, 2.24) is 0 Å². The van der Waals surface area contributed by atoms with Crippen LogP contribution >= 0.6 is 0 Å². The molecule has 4 nitrogen and oxygen atoms in total. The van der Waals surface area contributed by atoms with E-state index in [-0.39, 0.29) is 18.5 Å². The Morgan fingerprint density at radius 1 is 1.15 bits per heavy atom. The van der Waals surface area contributed by atoms with E-state index in [0.717, 1.165) is 31.2 Å². The minimum atomic E-state index is -0.806. The summed E-state index contributed by atoms with van der Waals surface area (Å²) in [5.41, 5.74) is 2.08. The van der Waals surface area contributed by atoms with Gasteiger partial charge in [0, 0.05) is 6.92 Å². The Morgan fingerprint density at radius 2 is 1.75 bits per heavy atom. The van der Waals surface area contributed by atoms with Gasteiger partial charge in [-0.2, -0.15) is 0 Å². The summed E-state index contributed by atoms with van der Waals surface area (Å²) in [4.78, 5) is 21.6. The smallest absolute Gasteiger partial charge is 0.307 e. The summed E-state index contributed by atoms with van der Waals surface area (Å²) >= 11 is 0. The number of aliphatic carboxylic acids is 1. The lowest BCUT2D eigenvalue weighted by Gasteiger charge is -2.28. The lowest BCUT2D eigenvalue weighted by Crippen LogP contribution is -2.22. The van der Waals surface area contributed by atoms with Crippen LogP contribution < -0.4 is 0 Å². The summed E-state index contributed by atoms with van der Waals surface area (Å²) in [6, 6.07) is 7.83. The van der Waals surface area contributed by atoms with Crippen molar-refractivity contribution in [3.63, 3.8) is 0 Å². The summed E-state index contributed by atoms with van der Waals surface area (Å²) in [5.74, 6) is -0.521. The maximum atomic E-state index is 10.9. The molecule has 0 aromatic heterocycles. The van der Waals surface area contributed by atoms with Gasteiger partial charge < -0.3 is 9.84 Å². The number of benzene rings is 1. The second-order valence-corrected chi connectivity index (χ2v) is 5.40. The molecular formula is C16H20O4. The van der Waals surface area contributed by atoms with E-state index in [1.165, 1.54) is 12.5 Å². The molecule has 4 heteroatoms. The molecule has 0 aliphatic heterocycles. The molecule has 0 atom stereocenters. The monoisotopic (exact) mass is 276 g/mol. The van der Waals surface area contributed by atoms with E-state index < -0.39 is 5.97 Å². The molecule has 2 rings (SSSR count). The third-order valence-electron chi connectivity index (χ3n) is 3.81. The van der Waals surface area contributed by atoms with E-state index in [1.807, 2.05) is 24.3 Å². The Kier molecular flexibility index (Phi) is 4.77. The zero-order chi connectivity index (χ0) is 14.5. The van der Waals surface area contributed by atoms with Crippen LogP contribution in [0.5, 0.6) is 0 Å². The number of carboxylic acids is 1. The van der Waals surface area contributed by atoms with Gasteiger partial charge in [-0.05, 0) is 42.7 Å². The fourth-order valence-corrected chi connectivity index (χ4v) is 2.83. The molecule has 0 radical (unpaired) electrons. The lowest BCUT2D eigenvalue weighted by molar-refractivity contribution is -0.147. The number of hydrogen-bond acceptors (Lipinski definition) is 3. The zero-order valence-electron chi connectivity index (χ0n) is 11.7. The molecule has 1 fully saturated rings. The molecule has 1 N–H and O–H groups in total. The van der Waals surface area contributed by atoms with Crippen molar-refractivity contribution in [2.45, 2.75) is 51.0 Å². The van der Waals surface area contributed by atoms with Gasteiger partial charge in [-0.3, -0.25) is 9.59 Å². The largest absolute Gasteiger partial charge is 0.481 e. The highest BCUT2D eigenvalue weighted by Crippen LogP contribution is 2.34. The summed E-state index contributed by atoms with van der Waals surface area (Å²) in [6.45, 7) is 1.45. The first-order chi connectivity index (χ1) is 9.54. The van der Waals surface area contributed by atoms with Crippen LogP contribution in [0.4, 0.5) is 0 Å². The first kappa shape index (κ1) is 14.6. The van der Waals surface area contributed by atoms with Crippen LogP contribution in [0.2, 0.25) is 0 Å². The standard InChI is InChI=1S/C16H20O4/c1-11(17)20-15-8-6-14(7-9-15)13-4-2-12(3-5-13)10-16(18)19/h2-5,14-15H,6-10H2,1H3,(H,18,19). The highest BCUT2D eigenvalue weighted by atomic mass is 16.5. The van der Waals surface area contributed by atoms with Crippen molar-refractivity contribution in [2.24, 2.45) is 0 Å². The quantitative estimate of drug-likeness (QED) is 0.859. The maximum Gasteiger partial charge on any atom is 0.307 e. The molecule has 1 aromatic carbocycles. The topological polar surface area (TPSA) is 63.6 Å². The molecule has 1 aliphatic carbocycles. The number of rotatable bonds is 4.